The van der Waals surface area contributed by atoms with Crippen LogP contribution >= 0.6 is 11.3 Å². The van der Waals surface area contributed by atoms with Crippen molar-refractivity contribution in [2.75, 3.05) is 4.72 Å². The summed E-state index contributed by atoms with van der Waals surface area (Å²) < 4.78 is 53.4. The number of anilines is 1. The Morgan fingerprint density at radius 1 is 1.12 bits per heavy atom. The molecule has 0 radical (unpaired) electrons. The molecule has 0 saturated heterocycles. The first kappa shape index (κ1) is 17.5. The van der Waals surface area contributed by atoms with E-state index in [1.807, 2.05) is 18.4 Å². The molecule has 0 amide bonds. The molecule has 0 unspecified atom stereocenters. The first-order chi connectivity index (χ1) is 11.8. The molecule has 0 fully saturated rings. The van der Waals surface area contributed by atoms with E-state index in [1.165, 1.54) is 11.3 Å². The van der Waals surface area contributed by atoms with E-state index >= 15 is 0 Å². The van der Waals surface area contributed by atoms with Crippen LogP contribution in [0.25, 0.3) is 11.3 Å². The Kier molecular flexibility index (Phi) is 4.82. The minimum atomic E-state index is -3.82. The van der Waals surface area contributed by atoms with E-state index in [4.69, 9.17) is 0 Å². The first-order valence-corrected chi connectivity index (χ1v) is 9.82. The third kappa shape index (κ3) is 4.61. The zero-order chi connectivity index (χ0) is 18.0. The number of hydrogen-bond acceptors (Lipinski definition) is 4. The SMILES string of the molecule is Cc1nc(-c2cccc(NS(=O)(=O)Cc3cc(F)cc(F)c3)c2)cs1. The van der Waals surface area contributed by atoms with Crippen LogP contribution in [-0.4, -0.2) is 13.4 Å². The van der Waals surface area contributed by atoms with Gasteiger partial charge in [0, 0.05) is 22.7 Å². The summed E-state index contributed by atoms with van der Waals surface area (Å²) in [7, 11) is -3.82. The quantitative estimate of drug-likeness (QED) is 0.716. The molecule has 8 heteroatoms. The number of halogens is 2. The highest BCUT2D eigenvalue weighted by atomic mass is 32.2. The first-order valence-electron chi connectivity index (χ1n) is 7.29. The monoisotopic (exact) mass is 380 g/mol. The fourth-order valence-corrected chi connectivity index (χ4v) is 4.15. The van der Waals surface area contributed by atoms with Crippen molar-refractivity contribution < 1.29 is 17.2 Å². The van der Waals surface area contributed by atoms with Crippen LogP contribution in [0.4, 0.5) is 14.5 Å². The summed E-state index contributed by atoms with van der Waals surface area (Å²) >= 11 is 1.50. The molecule has 1 aromatic heterocycles. The highest BCUT2D eigenvalue weighted by molar-refractivity contribution is 7.91. The highest BCUT2D eigenvalue weighted by Crippen LogP contribution is 2.25. The minimum absolute atomic E-state index is 0.0382. The van der Waals surface area contributed by atoms with Gasteiger partial charge in [0.25, 0.3) is 0 Å². The van der Waals surface area contributed by atoms with Crippen LogP contribution < -0.4 is 4.72 Å². The van der Waals surface area contributed by atoms with Gasteiger partial charge in [-0.05, 0) is 36.8 Å². The predicted octanol–water partition coefficient (Wildman–Crippen LogP) is 4.34. The lowest BCUT2D eigenvalue weighted by Gasteiger charge is -2.09. The van der Waals surface area contributed by atoms with Crippen LogP contribution in [0.15, 0.2) is 47.8 Å². The summed E-state index contributed by atoms with van der Waals surface area (Å²) in [5.74, 6) is -2.15. The summed E-state index contributed by atoms with van der Waals surface area (Å²) in [6.45, 7) is 1.89. The van der Waals surface area contributed by atoms with Crippen molar-refractivity contribution in [3.8, 4) is 11.3 Å². The van der Waals surface area contributed by atoms with Crippen LogP contribution in [0.3, 0.4) is 0 Å². The van der Waals surface area contributed by atoms with Gasteiger partial charge in [-0.3, -0.25) is 4.72 Å². The number of benzene rings is 2. The molecule has 0 spiro atoms. The molecule has 0 bridgehead atoms. The second-order valence-electron chi connectivity index (χ2n) is 5.47. The average molecular weight is 380 g/mol. The van der Waals surface area contributed by atoms with E-state index in [2.05, 4.69) is 9.71 Å². The van der Waals surface area contributed by atoms with Crippen molar-refractivity contribution >= 4 is 27.0 Å². The molecular formula is C17H14F2N2O2S2. The van der Waals surface area contributed by atoms with E-state index in [-0.39, 0.29) is 5.56 Å². The fraction of sp³-hybridized carbons (Fsp3) is 0.118. The van der Waals surface area contributed by atoms with E-state index in [0.29, 0.717) is 11.8 Å². The zero-order valence-corrected chi connectivity index (χ0v) is 14.8. The molecule has 0 aliphatic carbocycles. The third-order valence-corrected chi connectivity index (χ3v) is 5.36. The third-order valence-electron chi connectivity index (χ3n) is 3.33. The smallest absolute Gasteiger partial charge is 0.236 e. The second-order valence-corrected chi connectivity index (χ2v) is 8.26. The zero-order valence-electron chi connectivity index (χ0n) is 13.2. The molecule has 3 aromatic rings. The van der Waals surface area contributed by atoms with Gasteiger partial charge in [-0.2, -0.15) is 0 Å². The maximum Gasteiger partial charge on any atom is 0.236 e. The molecule has 130 valence electrons. The van der Waals surface area contributed by atoms with E-state index in [1.54, 1.807) is 18.2 Å². The molecule has 0 aliphatic rings. The number of rotatable bonds is 5. The molecule has 25 heavy (non-hydrogen) atoms. The minimum Gasteiger partial charge on any atom is -0.283 e. The van der Waals surface area contributed by atoms with Gasteiger partial charge in [-0.1, -0.05) is 12.1 Å². The number of aromatic nitrogens is 1. The molecule has 2 aromatic carbocycles. The standard InChI is InChI=1S/C17H14F2N2O2S2/c1-11-20-17(9-24-11)13-3-2-4-16(7-13)21-25(22,23)10-12-5-14(18)8-15(19)6-12/h2-9,21H,10H2,1H3. The number of sulfonamides is 1. The number of nitrogens with zero attached hydrogens (tertiary/aromatic N) is 1. The lowest BCUT2D eigenvalue weighted by Crippen LogP contribution is -2.15. The molecule has 1 heterocycles. The van der Waals surface area contributed by atoms with Crippen LogP contribution in [0.1, 0.15) is 10.6 Å². The Labute approximate surface area is 148 Å². The maximum absolute atomic E-state index is 13.2. The highest BCUT2D eigenvalue weighted by Gasteiger charge is 2.14. The Balaban J connectivity index is 1.81. The summed E-state index contributed by atoms with van der Waals surface area (Å²) in [4.78, 5) is 4.36. The van der Waals surface area contributed by atoms with Crippen LogP contribution in [0, 0.1) is 18.6 Å². The Morgan fingerprint density at radius 3 is 2.48 bits per heavy atom. The lowest BCUT2D eigenvalue weighted by molar-refractivity contribution is 0.579. The van der Waals surface area contributed by atoms with Crippen molar-refractivity contribution in [2.24, 2.45) is 0 Å². The van der Waals surface area contributed by atoms with Gasteiger partial charge in [0.1, 0.15) is 11.6 Å². The summed E-state index contributed by atoms with van der Waals surface area (Å²) in [6, 6.07) is 9.50. The van der Waals surface area contributed by atoms with Gasteiger partial charge in [0.15, 0.2) is 0 Å². The molecule has 3 rings (SSSR count). The van der Waals surface area contributed by atoms with Gasteiger partial charge in [-0.25, -0.2) is 22.2 Å². The Morgan fingerprint density at radius 2 is 1.84 bits per heavy atom. The van der Waals surface area contributed by atoms with Gasteiger partial charge in [0.2, 0.25) is 10.0 Å². The van der Waals surface area contributed by atoms with Crippen molar-refractivity contribution in [1.82, 2.24) is 4.98 Å². The molecule has 0 atom stereocenters. The fourth-order valence-electron chi connectivity index (χ4n) is 2.37. The normalized spacial score (nSPS) is 11.5. The van der Waals surface area contributed by atoms with E-state index < -0.39 is 27.4 Å². The summed E-state index contributed by atoms with van der Waals surface area (Å²) in [6.07, 6.45) is 0. The van der Waals surface area contributed by atoms with Gasteiger partial charge < -0.3 is 0 Å². The number of aryl methyl sites for hydroxylation is 1. The van der Waals surface area contributed by atoms with Crippen molar-refractivity contribution in [1.29, 1.82) is 0 Å². The summed E-state index contributed by atoms with van der Waals surface area (Å²) in [5, 5.41) is 2.80. The topological polar surface area (TPSA) is 59.1 Å². The largest absolute Gasteiger partial charge is 0.283 e. The molecule has 1 N–H and O–H groups in total. The van der Waals surface area contributed by atoms with Gasteiger partial charge in [-0.15, -0.1) is 11.3 Å². The van der Waals surface area contributed by atoms with Crippen molar-refractivity contribution in [3.05, 3.63) is 70.1 Å². The predicted molar refractivity (Wildman–Crippen MR) is 94.9 cm³/mol. The lowest BCUT2D eigenvalue weighted by atomic mass is 10.1. The van der Waals surface area contributed by atoms with Gasteiger partial charge >= 0.3 is 0 Å². The molecule has 0 aliphatic heterocycles. The van der Waals surface area contributed by atoms with Crippen molar-refractivity contribution in [3.63, 3.8) is 0 Å². The average Bonchev–Trinajstić information content (AvgIpc) is 2.92. The molecular weight excluding hydrogens is 366 g/mol. The van der Waals surface area contributed by atoms with Crippen LogP contribution in [-0.2, 0) is 15.8 Å². The van der Waals surface area contributed by atoms with Crippen LogP contribution in [0.2, 0.25) is 0 Å². The van der Waals surface area contributed by atoms with E-state index in [9.17, 15) is 17.2 Å². The Bertz CT molecular complexity index is 997. The molecule has 4 nitrogen and oxygen atoms in total. The van der Waals surface area contributed by atoms with Crippen LogP contribution in [0.5, 0.6) is 0 Å². The van der Waals surface area contributed by atoms with E-state index in [0.717, 1.165) is 28.4 Å². The molecule has 0 saturated carbocycles. The maximum atomic E-state index is 13.2. The number of nitrogens with one attached hydrogen (secondary N) is 1. The number of thiazole rings is 1. The number of hydrogen-bond donors (Lipinski definition) is 1. The summed E-state index contributed by atoms with van der Waals surface area (Å²) in [5.41, 5.74) is 1.94. The second kappa shape index (κ2) is 6.89. The Hall–Kier alpha value is -2.32. The van der Waals surface area contributed by atoms with Crippen molar-refractivity contribution in [2.45, 2.75) is 12.7 Å². The van der Waals surface area contributed by atoms with Gasteiger partial charge in [0.05, 0.1) is 16.5 Å².